The van der Waals surface area contributed by atoms with Gasteiger partial charge >= 0.3 is 5.97 Å². The van der Waals surface area contributed by atoms with Gasteiger partial charge in [0.25, 0.3) is 17.7 Å². The Bertz CT molecular complexity index is 2050. The second-order valence-corrected chi connectivity index (χ2v) is 12.5. The van der Waals surface area contributed by atoms with E-state index in [0.717, 1.165) is 44.0 Å². The quantitative estimate of drug-likeness (QED) is 0.111. The molecule has 0 aromatic heterocycles. The van der Waals surface area contributed by atoms with Crippen molar-refractivity contribution >= 4 is 41.5 Å². The first-order valence-corrected chi connectivity index (χ1v) is 16.9. The highest BCUT2D eigenvalue weighted by molar-refractivity contribution is 6.08. The number of anilines is 1. The van der Waals surface area contributed by atoms with Crippen LogP contribution in [-0.2, 0) is 33.8 Å². The van der Waals surface area contributed by atoms with Crippen LogP contribution in [0.2, 0.25) is 0 Å². The fourth-order valence-corrected chi connectivity index (χ4v) is 6.17. The molecule has 2 heterocycles. The molecule has 1 unspecified atom stereocenters. The van der Waals surface area contributed by atoms with E-state index in [4.69, 9.17) is 14.2 Å². The van der Waals surface area contributed by atoms with Gasteiger partial charge in [-0.25, -0.2) is 0 Å². The molecule has 11 nitrogen and oxygen atoms in total. The molecule has 52 heavy (non-hydrogen) atoms. The summed E-state index contributed by atoms with van der Waals surface area (Å²) in [7, 11) is 3.31. The summed E-state index contributed by atoms with van der Waals surface area (Å²) in [5.74, 6) is 0.161. The lowest BCUT2D eigenvalue weighted by molar-refractivity contribution is -0.132. The van der Waals surface area contributed by atoms with E-state index in [1.165, 1.54) is 35.8 Å². The molecule has 2 aliphatic rings. The molecule has 0 saturated carbocycles. The minimum absolute atomic E-state index is 0.0526. The Morgan fingerprint density at radius 3 is 2.40 bits per heavy atom. The van der Waals surface area contributed by atoms with E-state index in [0.29, 0.717) is 28.1 Å². The Morgan fingerprint density at radius 2 is 1.65 bits per heavy atom. The smallest absolute Gasteiger partial charge is 0.308 e. The van der Waals surface area contributed by atoms with E-state index in [9.17, 15) is 19.2 Å². The minimum Gasteiger partial charge on any atom is -0.493 e. The molecule has 2 aliphatic heterocycles. The number of rotatable bonds is 11. The summed E-state index contributed by atoms with van der Waals surface area (Å²) in [5.41, 5.74) is 5.98. The molecular weight excluding hydrogens is 660 g/mol. The fraction of sp³-hybridized carbons (Fsp3) is 0.220. The highest BCUT2D eigenvalue weighted by atomic mass is 16.5. The average Bonchev–Trinajstić information content (AvgIpc) is 3.15. The first-order valence-electron chi connectivity index (χ1n) is 16.9. The third-order valence-corrected chi connectivity index (χ3v) is 8.90. The van der Waals surface area contributed by atoms with E-state index in [2.05, 4.69) is 33.0 Å². The van der Waals surface area contributed by atoms with Crippen LogP contribution in [-0.4, -0.2) is 61.9 Å². The standard InChI is InChI=1S/C41H40N4O7/c1-26(46)52-36-10-5-4-8-29(36)13-16-34-40(48)44-35(41(49)43-34)22-28-7-6-9-31(21-28)39(47)42-33-14-11-27(12-15-33)17-19-45-20-18-30-23-37(50-2)38(51-3)24-32(30)25-45/h4-16,21-24,34H,17-20,25H2,1-3H3,(H,42,47)(H,43,49)(H,44,48). The third-order valence-electron chi connectivity index (χ3n) is 8.90. The van der Waals surface area contributed by atoms with Gasteiger partial charge in [0.05, 0.1) is 14.2 Å². The average molecular weight is 701 g/mol. The van der Waals surface area contributed by atoms with Crippen molar-refractivity contribution in [2.24, 2.45) is 0 Å². The van der Waals surface area contributed by atoms with Crippen LogP contribution in [0.3, 0.4) is 0 Å². The first kappa shape index (κ1) is 35.6. The lowest BCUT2D eigenvalue weighted by Crippen LogP contribution is -2.53. The number of hydrogen-bond donors (Lipinski definition) is 3. The Morgan fingerprint density at radius 1 is 0.904 bits per heavy atom. The number of piperazine rings is 1. The van der Waals surface area contributed by atoms with Crippen LogP contribution in [0.5, 0.6) is 17.2 Å². The van der Waals surface area contributed by atoms with Crippen molar-refractivity contribution in [3.63, 3.8) is 0 Å². The topological polar surface area (TPSA) is 135 Å². The summed E-state index contributed by atoms with van der Waals surface area (Å²) in [6, 6.07) is 24.7. The highest BCUT2D eigenvalue weighted by Crippen LogP contribution is 2.33. The molecular formula is C41H40N4O7. The summed E-state index contributed by atoms with van der Waals surface area (Å²) >= 11 is 0. The van der Waals surface area contributed by atoms with E-state index in [1.54, 1.807) is 68.8 Å². The predicted molar refractivity (Wildman–Crippen MR) is 198 cm³/mol. The van der Waals surface area contributed by atoms with Gasteiger partial charge in [-0.05, 0) is 83.6 Å². The van der Waals surface area contributed by atoms with Gasteiger partial charge in [-0.2, -0.15) is 0 Å². The minimum atomic E-state index is -0.935. The van der Waals surface area contributed by atoms with Crippen LogP contribution in [0, 0.1) is 0 Å². The van der Waals surface area contributed by atoms with E-state index < -0.39 is 23.8 Å². The van der Waals surface area contributed by atoms with Gasteiger partial charge in [-0.1, -0.05) is 54.6 Å². The zero-order chi connectivity index (χ0) is 36.6. The lowest BCUT2D eigenvalue weighted by Gasteiger charge is -2.29. The molecule has 4 aromatic carbocycles. The monoisotopic (exact) mass is 700 g/mol. The van der Waals surface area contributed by atoms with Gasteiger partial charge in [-0.15, -0.1) is 0 Å². The Hall–Kier alpha value is -6.20. The van der Waals surface area contributed by atoms with Gasteiger partial charge in [0.2, 0.25) is 0 Å². The lowest BCUT2D eigenvalue weighted by atomic mass is 9.98. The van der Waals surface area contributed by atoms with E-state index in [-0.39, 0.29) is 11.6 Å². The number of nitrogens with one attached hydrogen (secondary N) is 3. The Balaban J connectivity index is 1.02. The number of carbonyl (C=O) groups excluding carboxylic acids is 4. The largest absolute Gasteiger partial charge is 0.493 e. The molecule has 0 bridgehead atoms. The summed E-state index contributed by atoms with van der Waals surface area (Å²) < 4.78 is 16.2. The summed E-state index contributed by atoms with van der Waals surface area (Å²) in [5, 5.41) is 8.26. The molecule has 0 radical (unpaired) electrons. The van der Waals surface area contributed by atoms with Crippen molar-refractivity contribution in [2.75, 3.05) is 32.6 Å². The highest BCUT2D eigenvalue weighted by Gasteiger charge is 2.28. The number of ether oxygens (including phenoxy) is 3. The number of methoxy groups -OCH3 is 2. The molecule has 4 aromatic rings. The summed E-state index contributed by atoms with van der Waals surface area (Å²) in [6.07, 6.45) is 6.48. The van der Waals surface area contributed by atoms with Crippen molar-refractivity contribution in [3.05, 3.63) is 130 Å². The third kappa shape index (κ3) is 8.74. The van der Waals surface area contributed by atoms with E-state index in [1.807, 2.05) is 24.3 Å². The second kappa shape index (κ2) is 16.2. The number of carbonyl (C=O) groups is 4. The van der Waals surface area contributed by atoms with Crippen LogP contribution in [0.4, 0.5) is 5.69 Å². The maximum atomic E-state index is 13.2. The van der Waals surface area contributed by atoms with Crippen molar-refractivity contribution < 1.29 is 33.4 Å². The molecule has 0 spiro atoms. The van der Waals surface area contributed by atoms with Gasteiger partial charge in [-0.3, -0.25) is 24.1 Å². The van der Waals surface area contributed by atoms with Gasteiger partial charge in [0.15, 0.2) is 11.5 Å². The SMILES string of the molecule is COc1cc2c(cc1OC)CN(CCc1ccc(NC(=O)c3cccc(C=C4NC(=O)C(C=Cc5ccccc5OC(C)=O)NC4=O)c3)cc1)CC2. The molecule has 1 saturated heterocycles. The van der Waals surface area contributed by atoms with Gasteiger partial charge < -0.3 is 30.2 Å². The van der Waals surface area contributed by atoms with Crippen molar-refractivity contribution in [1.29, 1.82) is 0 Å². The van der Waals surface area contributed by atoms with Gasteiger partial charge in [0.1, 0.15) is 17.5 Å². The number of para-hydroxylation sites is 1. The van der Waals surface area contributed by atoms with Crippen LogP contribution in [0.15, 0.2) is 96.7 Å². The number of fused-ring (bicyclic) bond motifs is 1. The van der Waals surface area contributed by atoms with Gasteiger partial charge in [0, 0.05) is 43.4 Å². The maximum absolute atomic E-state index is 13.2. The zero-order valence-electron chi connectivity index (χ0n) is 29.2. The molecule has 11 heteroatoms. The van der Waals surface area contributed by atoms with Crippen LogP contribution < -0.4 is 30.2 Å². The van der Waals surface area contributed by atoms with E-state index >= 15 is 0 Å². The zero-order valence-corrected chi connectivity index (χ0v) is 29.2. The maximum Gasteiger partial charge on any atom is 0.308 e. The van der Waals surface area contributed by atoms with Crippen molar-refractivity contribution in [2.45, 2.75) is 32.4 Å². The van der Waals surface area contributed by atoms with Crippen molar-refractivity contribution in [1.82, 2.24) is 15.5 Å². The Labute approximate surface area is 302 Å². The normalized spacial score (nSPS) is 16.5. The van der Waals surface area contributed by atoms with Crippen LogP contribution in [0.1, 0.15) is 45.1 Å². The predicted octanol–water partition coefficient (Wildman–Crippen LogP) is 5.15. The molecule has 1 atom stereocenters. The molecule has 3 amide bonds. The molecule has 0 aliphatic carbocycles. The first-order chi connectivity index (χ1) is 25.2. The summed E-state index contributed by atoms with van der Waals surface area (Å²) in [4.78, 5) is 52.8. The fourth-order valence-electron chi connectivity index (χ4n) is 6.17. The molecule has 266 valence electrons. The molecule has 6 rings (SSSR count). The Kier molecular flexibility index (Phi) is 11.1. The van der Waals surface area contributed by atoms with Crippen LogP contribution in [0.25, 0.3) is 12.2 Å². The number of benzene rings is 4. The van der Waals surface area contributed by atoms with Crippen molar-refractivity contribution in [3.8, 4) is 17.2 Å². The number of amides is 3. The summed E-state index contributed by atoms with van der Waals surface area (Å²) in [6.45, 7) is 4.03. The number of nitrogens with zero attached hydrogens (tertiary/aromatic N) is 1. The molecule has 1 fully saturated rings. The second-order valence-electron chi connectivity index (χ2n) is 12.5. The number of hydrogen-bond acceptors (Lipinski definition) is 8. The molecule has 3 N–H and O–H groups in total. The van der Waals surface area contributed by atoms with Crippen LogP contribution >= 0.6 is 0 Å². The number of esters is 1.